The standard InChI is InChI=1S/C29H52O4S/c1-3-4-5-6-7-8-9-10-11-12-13-14-15-16-17-18-19-20-21-22-25-33-28-23-24-29(27(2)26-28)34(30,31)32/h23-24,26H,3-22,25H2,1-2H3,(H,30,31,32). The lowest BCUT2D eigenvalue weighted by atomic mass is 10.0. The van der Waals surface area contributed by atoms with Gasteiger partial charge in [-0.05, 0) is 37.1 Å². The maximum absolute atomic E-state index is 11.2. The van der Waals surface area contributed by atoms with Gasteiger partial charge in [0.15, 0.2) is 0 Å². The van der Waals surface area contributed by atoms with Crippen LogP contribution in [0.5, 0.6) is 5.75 Å². The Morgan fingerprint density at radius 2 is 1.03 bits per heavy atom. The zero-order chi connectivity index (χ0) is 24.9. The maximum Gasteiger partial charge on any atom is 0.294 e. The van der Waals surface area contributed by atoms with Crippen LogP contribution in [0, 0.1) is 6.92 Å². The molecular weight excluding hydrogens is 444 g/mol. The van der Waals surface area contributed by atoms with Gasteiger partial charge >= 0.3 is 0 Å². The van der Waals surface area contributed by atoms with E-state index in [9.17, 15) is 8.42 Å². The lowest BCUT2D eigenvalue weighted by Crippen LogP contribution is -2.02. The molecule has 0 amide bonds. The van der Waals surface area contributed by atoms with Crippen LogP contribution in [0.1, 0.15) is 141 Å². The average molecular weight is 497 g/mol. The van der Waals surface area contributed by atoms with Crippen molar-refractivity contribution in [2.24, 2.45) is 0 Å². The minimum absolute atomic E-state index is 0.0568. The molecule has 0 radical (unpaired) electrons. The van der Waals surface area contributed by atoms with Gasteiger partial charge in [0, 0.05) is 0 Å². The molecule has 1 aromatic carbocycles. The summed E-state index contributed by atoms with van der Waals surface area (Å²) in [4.78, 5) is -0.0568. The van der Waals surface area contributed by atoms with E-state index in [1.807, 2.05) is 0 Å². The highest BCUT2D eigenvalue weighted by Crippen LogP contribution is 2.21. The third-order valence-corrected chi connectivity index (χ3v) is 7.70. The van der Waals surface area contributed by atoms with E-state index in [1.54, 1.807) is 19.1 Å². The van der Waals surface area contributed by atoms with Crippen LogP contribution in [-0.4, -0.2) is 19.6 Å². The maximum atomic E-state index is 11.2. The minimum atomic E-state index is -4.16. The summed E-state index contributed by atoms with van der Waals surface area (Å²) in [5, 5.41) is 0. The molecule has 0 spiro atoms. The second kappa shape index (κ2) is 20.2. The van der Waals surface area contributed by atoms with Crippen molar-refractivity contribution in [1.29, 1.82) is 0 Å². The van der Waals surface area contributed by atoms with E-state index in [2.05, 4.69) is 6.92 Å². The van der Waals surface area contributed by atoms with Crippen molar-refractivity contribution in [3.8, 4) is 5.75 Å². The third-order valence-electron chi connectivity index (χ3n) is 6.69. The van der Waals surface area contributed by atoms with Crippen molar-refractivity contribution < 1.29 is 17.7 Å². The van der Waals surface area contributed by atoms with Gasteiger partial charge in [-0.15, -0.1) is 0 Å². The van der Waals surface area contributed by atoms with Crippen LogP contribution in [0.3, 0.4) is 0 Å². The van der Waals surface area contributed by atoms with Crippen LogP contribution < -0.4 is 4.74 Å². The third kappa shape index (κ3) is 16.5. The molecule has 5 heteroatoms. The van der Waals surface area contributed by atoms with Crippen molar-refractivity contribution >= 4 is 10.1 Å². The van der Waals surface area contributed by atoms with Crippen molar-refractivity contribution in [3.63, 3.8) is 0 Å². The molecule has 1 rings (SSSR count). The van der Waals surface area contributed by atoms with Crippen LogP contribution in [-0.2, 0) is 10.1 Å². The van der Waals surface area contributed by atoms with Crippen LogP contribution in [0.25, 0.3) is 0 Å². The molecule has 0 unspecified atom stereocenters. The second-order valence-electron chi connectivity index (χ2n) is 9.97. The summed E-state index contributed by atoms with van der Waals surface area (Å²) in [7, 11) is -4.16. The lowest BCUT2D eigenvalue weighted by Gasteiger charge is -2.09. The Morgan fingerprint density at radius 3 is 1.38 bits per heavy atom. The van der Waals surface area contributed by atoms with Gasteiger partial charge in [-0.3, -0.25) is 4.55 Å². The van der Waals surface area contributed by atoms with Gasteiger partial charge in [0.05, 0.1) is 11.5 Å². The Kier molecular flexibility index (Phi) is 18.4. The normalized spacial score (nSPS) is 11.7. The summed E-state index contributed by atoms with van der Waals surface area (Å²) < 4.78 is 37.3. The van der Waals surface area contributed by atoms with Crippen LogP contribution in [0.2, 0.25) is 0 Å². The van der Waals surface area contributed by atoms with E-state index in [-0.39, 0.29) is 4.90 Å². The monoisotopic (exact) mass is 496 g/mol. The first-order valence-corrected chi connectivity index (χ1v) is 15.6. The summed E-state index contributed by atoms with van der Waals surface area (Å²) in [6.07, 6.45) is 27.4. The van der Waals surface area contributed by atoms with E-state index < -0.39 is 10.1 Å². The fraction of sp³-hybridized carbons (Fsp3) is 0.793. The summed E-state index contributed by atoms with van der Waals surface area (Å²) in [5.74, 6) is 0.655. The molecule has 1 N–H and O–H groups in total. The number of ether oxygens (including phenoxy) is 1. The molecule has 0 heterocycles. The Labute approximate surface area is 211 Å². The first-order chi connectivity index (χ1) is 16.4. The van der Waals surface area contributed by atoms with Gasteiger partial charge in [0.25, 0.3) is 10.1 Å². The van der Waals surface area contributed by atoms with Gasteiger partial charge in [-0.1, -0.05) is 129 Å². The molecule has 4 nitrogen and oxygen atoms in total. The van der Waals surface area contributed by atoms with E-state index in [1.165, 1.54) is 128 Å². The SMILES string of the molecule is CCCCCCCCCCCCCCCCCCCCCCOc1ccc(S(=O)(=O)O)c(C)c1. The van der Waals surface area contributed by atoms with Crippen molar-refractivity contribution in [1.82, 2.24) is 0 Å². The molecule has 0 aromatic heterocycles. The highest BCUT2D eigenvalue weighted by molar-refractivity contribution is 7.85. The minimum Gasteiger partial charge on any atom is -0.494 e. The fourth-order valence-electron chi connectivity index (χ4n) is 4.55. The highest BCUT2D eigenvalue weighted by Gasteiger charge is 2.13. The predicted molar refractivity (Wildman–Crippen MR) is 145 cm³/mol. The molecular formula is C29H52O4S. The molecule has 0 aliphatic heterocycles. The van der Waals surface area contributed by atoms with Crippen molar-refractivity contribution in [2.75, 3.05) is 6.61 Å². The van der Waals surface area contributed by atoms with Crippen molar-refractivity contribution in [3.05, 3.63) is 23.8 Å². The first kappa shape index (κ1) is 31.0. The van der Waals surface area contributed by atoms with Crippen LogP contribution in [0.4, 0.5) is 0 Å². The smallest absolute Gasteiger partial charge is 0.294 e. The zero-order valence-electron chi connectivity index (χ0n) is 22.2. The largest absolute Gasteiger partial charge is 0.494 e. The molecule has 0 aliphatic rings. The summed E-state index contributed by atoms with van der Waals surface area (Å²) in [6.45, 7) is 4.59. The zero-order valence-corrected chi connectivity index (χ0v) is 23.0. The Balaban J connectivity index is 1.82. The van der Waals surface area contributed by atoms with Crippen molar-refractivity contribution in [2.45, 2.75) is 147 Å². The molecule has 198 valence electrons. The van der Waals surface area contributed by atoms with E-state index in [0.717, 1.165) is 6.42 Å². The number of rotatable bonds is 23. The fourth-order valence-corrected chi connectivity index (χ4v) is 5.25. The molecule has 34 heavy (non-hydrogen) atoms. The highest BCUT2D eigenvalue weighted by atomic mass is 32.2. The van der Waals surface area contributed by atoms with E-state index in [4.69, 9.17) is 9.29 Å². The van der Waals surface area contributed by atoms with Gasteiger partial charge in [0.1, 0.15) is 5.75 Å². The molecule has 0 saturated heterocycles. The van der Waals surface area contributed by atoms with Gasteiger partial charge in [0.2, 0.25) is 0 Å². The number of benzene rings is 1. The lowest BCUT2D eigenvalue weighted by molar-refractivity contribution is 0.304. The molecule has 0 fully saturated rings. The van der Waals surface area contributed by atoms with Gasteiger partial charge < -0.3 is 4.74 Å². The van der Waals surface area contributed by atoms with Crippen LogP contribution >= 0.6 is 0 Å². The number of aryl methyl sites for hydroxylation is 1. The Bertz CT molecular complexity index is 715. The summed E-state index contributed by atoms with van der Waals surface area (Å²) >= 11 is 0. The van der Waals surface area contributed by atoms with Crippen LogP contribution in [0.15, 0.2) is 23.1 Å². The second-order valence-corrected chi connectivity index (χ2v) is 11.4. The molecule has 0 aliphatic carbocycles. The number of unbranched alkanes of at least 4 members (excludes halogenated alkanes) is 19. The van der Waals surface area contributed by atoms with Gasteiger partial charge in [-0.2, -0.15) is 8.42 Å². The quantitative estimate of drug-likeness (QED) is 0.121. The van der Waals surface area contributed by atoms with Gasteiger partial charge in [-0.25, -0.2) is 0 Å². The Hall–Kier alpha value is -1.07. The molecule has 0 atom stereocenters. The molecule has 0 bridgehead atoms. The Morgan fingerprint density at radius 1 is 0.647 bits per heavy atom. The first-order valence-electron chi connectivity index (χ1n) is 14.2. The molecule has 1 aromatic rings. The summed E-state index contributed by atoms with van der Waals surface area (Å²) in [6, 6.07) is 4.67. The van der Waals surface area contributed by atoms with E-state index in [0.29, 0.717) is 17.9 Å². The van der Waals surface area contributed by atoms with E-state index >= 15 is 0 Å². The predicted octanol–water partition coefficient (Wildman–Crippen LogP) is 9.44. The average Bonchev–Trinajstić information content (AvgIpc) is 2.79. The molecule has 0 saturated carbocycles. The topological polar surface area (TPSA) is 63.6 Å². The summed E-state index contributed by atoms with van der Waals surface area (Å²) in [5.41, 5.74) is 0.503. The number of hydrogen-bond acceptors (Lipinski definition) is 3. The number of hydrogen-bond donors (Lipinski definition) is 1.